The minimum Gasteiger partial charge on any atom is -0.508 e. The van der Waals surface area contributed by atoms with Crippen LogP contribution in [0, 0.1) is 0 Å². The third-order valence-electron chi connectivity index (χ3n) is 3.61. The highest BCUT2D eigenvalue weighted by Gasteiger charge is 2.12. The van der Waals surface area contributed by atoms with Gasteiger partial charge < -0.3 is 5.11 Å². The standard InChI is InChI=1S/C19H17NO/c1-14(20-13-15-7-3-2-4-8-15)19-17-10-6-5-9-16(17)11-12-18(19)21/h2-14,21H,1H3. The Morgan fingerprint density at radius 3 is 2.43 bits per heavy atom. The second-order valence-corrected chi connectivity index (χ2v) is 5.08. The van der Waals surface area contributed by atoms with Crippen LogP contribution in [0.2, 0.25) is 0 Å². The van der Waals surface area contributed by atoms with Gasteiger partial charge in [0.1, 0.15) is 5.75 Å². The fraction of sp³-hybridized carbons (Fsp3) is 0.105. The van der Waals surface area contributed by atoms with Crippen LogP contribution in [-0.2, 0) is 0 Å². The molecule has 2 heteroatoms. The molecule has 1 unspecified atom stereocenters. The highest BCUT2D eigenvalue weighted by molar-refractivity contribution is 5.88. The zero-order valence-electron chi connectivity index (χ0n) is 11.9. The van der Waals surface area contributed by atoms with Gasteiger partial charge in [-0.15, -0.1) is 0 Å². The van der Waals surface area contributed by atoms with Gasteiger partial charge in [-0.05, 0) is 29.3 Å². The van der Waals surface area contributed by atoms with Gasteiger partial charge >= 0.3 is 0 Å². The van der Waals surface area contributed by atoms with Crippen molar-refractivity contribution in [1.82, 2.24) is 0 Å². The molecule has 0 aliphatic heterocycles. The number of fused-ring (bicyclic) bond motifs is 1. The van der Waals surface area contributed by atoms with Gasteiger partial charge in [-0.2, -0.15) is 0 Å². The molecule has 1 N–H and O–H groups in total. The number of rotatable bonds is 3. The van der Waals surface area contributed by atoms with Crippen molar-refractivity contribution < 1.29 is 5.11 Å². The lowest BCUT2D eigenvalue weighted by atomic mass is 9.99. The number of phenolic OH excluding ortho intramolecular Hbond substituents is 1. The Balaban J connectivity index is 2.00. The Kier molecular flexibility index (Phi) is 3.69. The van der Waals surface area contributed by atoms with E-state index in [4.69, 9.17) is 0 Å². The molecule has 3 aromatic carbocycles. The smallest absolute Gasteiger partial charge is 0.121 e. The van der Waals surface area contributed by atoms with Gasteiger partial charge in [-0.3, -0.25) is 4.99 Å². The summed E-state index contributed by atoms with van der Waals surface area (Å²) in [7, 11) is 0. The molecule has 0 heterocycles. The molecule has 104 valence electrons. The van der Waals surface area contributed by atoms with Crippen molar-refractivity contribution in [2.75, 3.05) is 0 Å². The number of benzene rings is 3. The van der Waals surface area contributed by atoms with Gasteiger partial charge in [0.05, 0.1) is 6.04 Å². The van der Waals surface area contributed by atoms with Gasteiger partial charge in [-0.1, -0.05) is 60.7 Å². The van der Waals surface area contributed by atoms with Gasteiger partial charge in [0.25, 0.3) is 0 Å². The summed E-state index contributed by atoms with van der Waals surface area (Å²) >= 11 is 0. The molecule has 0 radical (unpaired) electrons. The third-order valence-corrected chi connectivity index (χ3v) is 3.61. The summed E-state index contributed by atoms with van der Waals surface area (Å²) in [5.41, 5.74) is 1.93. The number of phenols is 1. The summed E-state index contributed by atoms with van der Waals surface area (Å²) in [5.74, 6) is 0.298. The van der Waals surface area contributed by atoms with Crippen molar-refractivity contribution in [1.29, 1.82) is 0 Å². The molecule has 0 bridgehead atoms. The molecule has 0 amide bonds. The van der Waals surface area contributed by atoms with Gasteiger partial charge in [0.15, 0.2) is 0 Å². The van der Waals surface area contributed by atoms with E-state index in [0.29, 0.717) is 5.75 Å². The van der Waals surface area contributed by atoms with E-state index in [1.54, 1.807) is 6.07 Å². The van der Waals surface area contributed by atoms with Crippen molar-refractivity contribution in [2.24, 2.45) is 4.99 Å². The quantitative estimate of drug-likeness (QED) is 0.689. The molecule has 0 spiro atoms. The minimum absolute atomic E-state index is 0.101. The van der Waals surface area contributed by atoms with E-state index in [9.17, 15) is 5.11 Å². The Morgan fingerprint density at radius 2 is 1.62 bits per heavy atom. The van der Waals surface area contributed by atoms with E-state index in [-0.39, 0.29) is 6.04 Å². The van der Waals surface area contributed by atoms with Crippen molar-refractivity contribution in [3.05, 3.63) is 77.9 Å². The first kappa shape index (κ1) is 13.4. The normalized spacial score (nSPS) is 12.8. The molecule has 0 fully saturated rings. The number of hydrogen-bond acceptors (Lipinski definition) is 2. The zero-order valence-corrected chi connectivity index (χ0v) is 11.9. The molecular formula is C19H17NO. The number of aromatic hydroxyl groups is 1. The molecular weight excluding hydrogens is 258 g/mol. The average Bonchev–Trinajstić information content (AvgIpc) is 2.53. The Morgan fingerprint density at radius 1 is 0.905 bits per heavy atom. The molecule has 3 rings (SSSR count). The van der Waals surface area contributed by atoms with E-state index in [1.165, 1.54) is 0 Å². The molecule has 2 nitrogen and oxygen atoms in total. The van der Waals surface area contributed by atoms with Gasteiger partial charge in [-0.25, -0.2) is 0 Å². The van der Waals surface area contributed by atoms with Crippen molar-refractivity contribution in [3.63, 3.8) is 0 Å². The molecule has 0 aliphatic rings. The van der Waals surface area contributed by atoms with Crippen LogP contribution in [0.4, 0.5) is 0 Å². The van der Waals surface area contributed by atoms with E-state index in [1.807, 2.05) is 73.8 Å². The molecule has 3 aromatic rings. The van der Waals surface area contributed by atoms with Crippen LogP contribution in [0.25, 0.3) is 10.8 Å². The molecule has 1 atom stereocenters. The monoisotopic (exact) mass is 275 g/mol. The number of nitrogens with zero attached hydrogens (tertiary/aromatic N) is 1. The summed E-state index contributed by atoms with van der Waals surface area (Å²) in [4.78, 5) is 4.59. The highest BCUT2D eigenvalue weighted by Crippen LogP contribution is 2.33. The first-order valence-electron chi connectivity index (χ1n) is 7.04. The summed E-state index contributed by atoms with van der Waals surface area (Å²) in [6.07, 6.45) is 1.85. The van der Waals surface area contributed by atoms with Crippen LogP contribution in [0.3, 0.4) is 0 Å². The average molecular weight is 275 g/mol. The van der Waals surface area contributed by atoms with Crippen LogP contribution in [0.1, 0.15) is 24.1 Å². The predicted octanol–water partition coefficient (Wildman–Crippen LogP) is 4.73. The van der Waals surface area contributed by atoms with Crippen LogP contribution in [-0.4, -0.2) is 11.3 Å². The molecule has 0 aromatic heterocycles. The molecule has 0 saturated heterocycles. The lowest BCUT2D eigenvalue weighted by Crippen LogP contribution is -1.94. The lowest BCUT2D eigenvalue weighted by molar-refractivity contribution is 0.465. The third kappa shape index (κ3) is 2.79. The second-order valence-electron chi connectivity index (χ2n) is 5.08. The second kappa shape index (κ2) is 5.80. The van der Waals surface area contributed by atoms with Crippen molar-refractivity contribution in [2.45, 2.75) is 13.0 Å². The first-order valence-corrected chi connectivity index (χ1v) is 7.04. The van der Waals surface area contributed by atoms with E-state index in [2.05, 4.69) is 4.99 Å². The molecule has 21 heavy (non-hydrogen) atoms. The van der Waals surface area contributed by atoms with Crippen LogP contribution < -0.4 is 0 Å². The molecule has 0 aliphatic carbocycles. The maximum absolute atomic E-state index is 10.2. The summed E-state index contributed by atoms with van der Waals surface area (Å²) in [6.45, 7) is 2.00. The fourth-order valence-electron chi connectivity index (χ4n) is 2.53. The molecule has 0 saturated carbocycles. The van der Waals surface area contributed by atoms with Crippen molar-refractivity contribution in [3.8, 4) is 5.75 Å². The Hall–Kier alpha value is -2.61. The van der Waals surface area contributed by atoms with Crippen LogP contribution >= 0.6 is 0 Å². The largest absolute Gasteiger partial charge is 0.508 e. The summed E-state index contributed by atoms with van der Waals surface area (Å²) < 4.78 is 0. The first-order chi connectivity index (χ1) is 10.3. The van der Waals surface area contributed by atoms with E-state index < -0.39 is 0 Å². The summed E-state index contributed by atoms with van der Waals surface area (Å²) in [6, 6.07) is 21.6. The fourth-order valence-corrected chi connectivity index (χ4v) is 2.53. The minimum atomic E-state index is -0.101. The SMILES string of the molecule is CC(N=Cc1ccccc1)c1c(O)ccc2ccccc12. The number of aliphatic imine (C=N–C) groups is 1. The maximum atomic E-state index is 10.2. The predicted molar refractivity (Wildman–Crippen MR) is 88.1 cm³/mol. The van der Waals surface area contributed by atoms with Gasteiger partial charge in [0, 0.05) is 11.8 Å². The van der Waals surface area contributed by atoms with Crippen LogP contribution in [0.5, 0.6) is 5.75 Å². The van der Waals surface area contributed by atoms with E-state index >= 15 is 0 Å². The van der Waals surface area contributed by atoms with E-state index in [0.717, 1.165) is 21.9 Å². The summed E-state index contributed by atoms with van der Waals surface area (Å²) in [5, 5.41) is 12.4. The zero-order chi connectivity index (χ0) is 14.7. The topological polar surface area (TPSA) is 32.6 Å². The Labute approximate surface area is 124 Å². The highest BCUT2D eigenvalue weighted by atomic mass is 16.3. The van der Waals surface area contributed by atoms with Gasteiger partial charge in [0.2, 0.25) is 0 Å². The van der Waals surface area contributed by atoms with Crippen LogP contribution in [0.15, 0.2) is 71.7 Å². The Bertz CT molecular complexity index is 778. The maximum Gasteiger partial charge on any atom is 0.121 e. The van der Waals surface area contributed by atoms with Crippen molar-refractivity contribution >= 4 is 17.0 Å². The number of hydrogen-bond donors (Lipinski definition) is 1. The lowest BCUT2D eigenvalue weighted by Gasteiger charge is -2.13.